The van der Waals surface area contributed by atoms with Gasteiger partial charge in [-0.15, -0.1) is 0 Å². The van der Waals surface area contributed by atoms with Crippen LogP contribution in [0.15, 0.2) is 24.3 Å². The highest BCUT2D eigenvalue weighted by atomic mass is 16.3. The van der Waals surface area contributed by atoms with Crippen molar-refractivity contribution in [3.05, 3.63) is 29.8 Å². The molecule has 1 aromatic rings. The Morgan fingerprint density at radius 1 is 1.25 bits per heavy atom. The number of rotatable bonds is 6. The Kier molecular flexibility index (Phi) is 6.28. The van der Waals surface area contributed by atoms with E-state index in [0.717, 1.165) is 31.6 Å². The number of nitrogens with zero attached hydrogens (tertiary/aromatic N) is 2. The summed E-state index contributed by atoms with van der Waals surface area (Å²) in [6.45, 7) is 9.09. The van der Waals surface area contributed by atoms with E-state index in [2.05, 4.69) is 31.0 Å². The zero-order valence-electron chi connectivity index (χ0n) is 17.3. The summed E-state index contributed by atoms with van der Waals surface area (Å²) in [7, 11) is 0. The predicted molar refractivity (Wildman–Crippen MR) is 109 cm³/mol. The molecule has 1 unspecified atom stereocenters. The van der Waals surface area contributed by atoms with Crippen LogP contribution in [0.3, 0.4) is 0 Å². The monoisotopic (exact) mass is 387 g/mol. The fraction of sp³-hybridized carbons (Fsp3) is 0.636. The largest absolute Gasteiger partial charge is 0.508 e. The van der Waals surface area contributed by atoms with Crippen LogP contribution in [0.5, 0.6) is 5.75 Å². The molecule has 2 heterocycles. The third-order valence-electron chi connectivity index (χ3n) is 5.96. The van der Waals surface area contributed by atoms with Gasteiger partial charge in [-0.3, -0.25) is 14.5 Å². The average molecular weight is 388 g/mol. The van der Waals surface area contributed by atoms with Crippen molar-refractivity contribution in [2.45, 2.75) is 64.6 Å². The summed E-state index contributed by atoms with van der Waals surface area (Å²) in [5.74, 6) is 0.726. The lowest BCUT2D eigenvalue weighted by atomic mass is 9.80. The quantitative estimate of drug-likeness (QED) is 0.787. The molecule has 28 heavy (non-hydrogen) atoms. The number of piperazine rings is 1. The Labute approximate surface area is 167 Å². The number of phenols is 1. The first-order valence-corrected chi connectivity index (χ1v) is 10.5. The smallest absolute Gasteiger partial charge is 0.246 e. The van der Waals surface area contributed by atoms with E-state index in [0.29, 0.717) is 31.7 Å². The minimum atomic E-state index is -0.712. The van der Waals surface area contributed by atoms with Crippen LogP contribution in [0.25, 0.3) is 0 Å². The van der Waals surface area contributed by atoms with Crippen LogP contribution < -0.4 is 5.32 Å². The molecule has 0 aliphatic carbocycles. The van der Waals surface area contributed by atoms with Gasteiger partial charge in [0.2, 0.25) is 11.8 Å². The summed E-state index contributed by atoms with van der Waals surface area (Å²) < 4.78 is 0. The van der Waals surface area contributed by atoms with E-state index >= 15 is 0 Å². The van der Waals surface area contributed by atoms with Crippen molar-refractivity contribution in [3.8, 4) is 5.75 Å². The van der Waals surface area contributed by atoms with E-state index in [1.807, 2.05) is 17.0 Å². The number of carbonyl (C=O) groups excluding carboxylic acids is 2. The number of benzene rings is 1. The summed E-state index contributed by atoms with van der Waals surface area (Å²) in [6.07, 6.45) is 2.84. The van der Waals surface area contributed by atoms with Crippen molar-refractivity contribution in [3.63, 3.8) is 0 Å². The fourth-order valence-electron chi connectivity index (χ4n) is 4.55. The van der Waals surface area contributed by atoms with Gasteiger partial charge in [0.15, 0.2) is 0 Å². The van der Waals surface area contributed by atoms with Gasteiger partial charge in [0.05, 0.1) is 0 Å². The zero-order chi connectivity index (χ0) is 20.3. The molecule has 2 aliphatic rings. The first-order valence-electron chi connectivity index (χ1n) is 10.5. The number of carbonyl (C=O) groups is 2. The van der Waals surface area contributed by atoms with Gasteiger partial charge in [-0.2, -0.15) is 0 Å². The van der Waals surface area contributed by atoms with Crippen LogP contribution in [0.4, 0.5) is 0 Å². The molecule has 1 aromatic carbocycles. The van der Waals surface area contributed by atoms with Gasteiger partial charge >= 0.3 is 0 Å². The zero-order valence-corrected chi connectivity index (χ0v) is 17.3. The standard InChI is InChI=1S/C22H33N3O3/c1-4-10-25-20(27)19(13-16(2)3)23-21(28)22(25)8-11-24(12-9-22)15-17-6-5-7-18(26)14-17/h5-7,14,16,19,26H,4,8-13,15H2,1-3H3,(H,23,28). The summed E-state index contributed by atoms with van der Waals surface area (Å²) in [5.41, 5.74) is 0.346. The molecular formula is C22H33N3O3. The van der Waals surface area contributed by atoms with Gasteiger partial charge in [0.25, 0.3) is 0 Å². The molecule has 0 radical (unpaired) electrons. The number of aromatic hydroxyl groups is 1. The Morgan fingerprint density at radius 3 is 2.57 bits per heavy atom. The Balaban J connectivity index is 1.72. The van der Waals surface area contributed by atoms with Gasteiger partial charge in [0, 0.05) is 26.2 Å². The first-order chi connectivity index (χ1) is 13.4. The fourth-order valence-corrected chi connectivity index (χ4v) is 4.55. The molecular weight excluding hydrogens is 354 g/mol. The molecule has 0 saturated carbocycles. The van der Waals surface area contributed by atoms with E-state index in [1.165, 1.54) is 0 Å². The summed E-state index contributed by atoms with van der Waals surface area (Å²) in [4.78, 5) is 30.5. The van der Waals surface area contributed by atoms with Crippen molar-refractivity contribution in [1.82, 2.24) is 15.1 Å². The molecule has 0 aromatic heterocycles. The van der Waals surface area contributed by atoms with Crippen LogP contribution in [0.2, 0.25) is 0 Å². The van der Waals surface area contributed by atoms with Gasteiger partial charge in [0.1, 0.15) is 17.3 Å². The maximum atomic E-state index is 13.1. The number of likely N-dealkylation sites (tertiary alicyclic amines) is 1. The van der Waals surface area contributed by atoms with Crippen LogP contribution in [-0.2, 0) is 16.1 Å². The Bertz CT molecular complexity index is 711. The number of hydrogen-bond acceptors (Lipinski definition) is 4. The SMILES string of the molecule is CCCN1C(=O)C(CC(C)C)NC(=O)C12CCN(Cc1cccc(O)c1)CC2. The van der Waals surface area contributed by atoms with Gasteiger partial charge < -0.3 is 15.3 Å². The second-order valence-corrected chi connectivity index (χ2v) is 8.62. The molecule has 2 N–H and O–H groups in total. The molecule has 1 atom stereocenters. The topological polar surface area (TPSA) is 72.9 Å². The third kappa shape index (κ3) is 4.17. The number of amides is 2. The molecule has 0 bridgehead atoms. The molecule has 2 saturated heterocycles. The van der Waals surface area contributed by atoms with Crippen LogP contribution in [-0.4, -0.2) is 57.9 Å². The maximum absolute atomic E-state index is 13.1. The van der Waals surface area contributed by atoms with Crippen molar-refractivity contribution in [2.75, 3.05) is 19.6 Å². The van der Waals surface area contributed by atoms with Crippen molar-refractivity contribution in [2.24, 2.45) is 5.92 Å². The third-order valence-corrected chi connectivity index (χ3v) is 5.96. The lowest BCUT2D eigenvalue weighted by Crippen LogP contribution is -2.73. The molecule has 154 valence electrons. The molecule has 2 amide bonds. The lowest BCUT2D eigenvalue weighted by Gasteiger charge is -2.52. The minimum Gasteiger partial charge on any atom is -0.508 e. The van der Waals surface area contributed by atoms with Crippen molar-refractivity contribution >= 4 is 11.8 Å². The highest BCUT2D eigenvalue weighted by Gasteiger charge is 2.53. The van der Waals surface area contributed by atoms with E-state index in [1.54, 1.807) is 12.1 Å². The second-order valence-electron chi connectivity index (χ2n) is 8.62. The lowest BCUT2D eigenvalue weighted by molar-refractivity contribution is -0.161. The number of piperidine rings is 1. The highest BCUT2D eigenvalue weighted by Crippen LogP contribution is 2.34. The highest BCUT2D eigenvalue weighted by molar-refractivity contribution is 6.00. The molecule has 6 heteroatoms. The van der Waals surface area contributed by atoms with E-state index in [-0.39, 0.29) is 17.6 Å². The number of nitrogens with one attached hydrogen (secondary N) is 1. The molecule has 1 spiro atoms. The van der Waals surface area contributed by atoms with Gasteiger partial charge in [-0.05, 0) is 49.3 Å². The first kappa shape index (κ1) is 20.6. The summed E-state index contributed by atoms with van der Waals surface area (Å²) >= 11 is 0. The van der Waals surface area contributed by atoms with E-state index < -0.39 is 11.6 Å². The van der Waals surface area contributed by atoms with Gasteiger partial charge in [-0.25, -0.2) is 0 Å². The average Bonchev–Trinajstić information content (AvgIpc) is 2.64. The second kappa shape index (κ2) is 8.52. The van der Waals surface area contributed by atoms with Crippen LogP contribution in [0.1, 0.15) is 52.0 Å². The number of hydrogen-bond donors (Lipinski definition) is 2. The molecule has 2 fully saturated rings. The van der Waals surface area contributed by atoms with E-state index in [9.17, 15) is 14.7 Å². The van der Waals surface area contributed by atoms with Gasteiger partial charge in [-0.1, -0.05) is 32.9 Å². The molecule has 2 aliphatic heterocycles. The maximum Gasteiger partial charge on any atom is 0.246 e. The van der Waals surface area contributed by atoms with E-state index in [4.69, 9.17) is 0 Å². The summed E-state index contributed by atoms with van der Waals surface area (Å²) in [5, 5.41) is 12.7. The predicted octanol–water partition coefficient (Wildman–Crippen LogP) is 2.51. The van der Waals surface area contributed by atoms with Crippen LogP contribution >= 0.6 is 0 Å². The Morgan fingerprint density at radius 2 is 1.96 bits per heavy atom. The molecule has 6 nitrogen and oxygen atoms in total. The van der Waals surface area contributed by atoms with Crippen LogP contribution in [0, 0.1) is 5.92 Å². The van der Waals surface area contributed by atoms with Crippen molar-refractivity contribution < 1.29 is 14.7 Å². The molecule has 3 rings (SSSR count). The van der Waals surface area contributed by atoms with Crippen molar-refractivity contribution in [1.29, 1.82) is 0 Å². The minimum absolute atomic E-state index is 0.0169. The summed E-state index contributed by atoms with van der Waals surface area (Å²) in [6, 6.07) is 6.90. The normalized spacial score (nSPS) is 22.7. The number of phenolic OH excluding ortho intramolecular Hbond substituents is 1. The Hall–Kier alpha value is -2.08.